The third-order valence-electron chi connectivity index (χ3n) is 2.82. The molecule has 1 aliphatic rings. The number of rotatable bonds is 2. The average Bonchev–Trinajstić information content (AvgIpc) is 2.21. The molecule has 0 aliphatic heterocycles. The first-order valence-corrected chi connectivity index (χ1v) is 5.45. The fourth-order valence-electron chi connectivity index (χ4n) is 1.91. The molecule has 16 heavy (non-hydrogen) atoms. The van der Waals surface area contributed by atoms with Gasteiger partial charge >= 0.3 is 0 Å². The first-order valence-electron chi connectivity index (χ1n) is 5.45. The predicted molar refractivity (Wildman–Crippen MR) is 58.7 cm³/mol. The maximum atomic E-state index is 12.9. The molecular formula is C12H15F2NO. The highest BCUT2D eigenvalue weighted by Gasteiger charge is 2.35. The molecule has 0 saturated heterocycles. The van der Waals surface area contributed by atoms with E-state index in [4.69, 9.17) is 10.5 Å². The second-order valence-electron chi connectivity index (χ2n) is 4.25. The average molecular weight is 227 g/mol. The van der Waals surface area contributed by atoms with Crippen LogP contribution in [0, 0.1) is 0 Å². The van der Waals surface area contributed by atoms with Crippen molar-refractivity contribution in [1.29, 1.82) is 0 Å². The Hall–Kier alpha value is -1.32. The lowest BCUT2D eigenvalue weighted by Gasteiger charge is -2.28. The Morgan fingerprint density at radius 3 is 2.56 bits per heavy atom. The Balaban J connectivity index is 1.92. The number of hydrogen-bond acceptors (Lipinski definition) is 2. The minimum atomic E-state index is -2.50. The fourth-order valence-corrected chi connectivity index (χ4v) is 1.91. The molecular weight excluding hydrogens is 212 g/mol. The number of nitrogens with two attached hydrogens (primary N) is 1. The molecule has 1 aromatic rings. The standard InChI is InChI=1S/C12H15F2NO/c13-12(14)6-4-10(5-7-12)16-11-3-1-2-9(15)8-11/h1-3,8,10H,4-7,15H2. The Kier molecular flexibility index (Phi) is 2.99. The van der Waals surface area contributed by atoms with E-state index in [-0.39, 0.29) is 18.9 Å². The van der Waals surface area contributed by atoms with Crippen molar-refractivity contribution in [2.45, 2.75) is 37.7 Å². The van der Waals surface area contributed by atoms with Crippen LogP contribution in [-0.2, 0) is 0 Å². The van der Waals surface area contributed by atoms with E-state index in [1.165, 1.54) is 0 Å². The van der Waals surface area contributed by atoms with E-state index in [1.807, 2.05) is 0 Å². The van der Waals surface area contributed by atoms with Crippen molar-refractivity contribution < 1.29 is 13.5 Å². The predicted octanol–water partition coefficient (Wildman–Crippen LogP) is 3.23. The van der Waals surface area contributed by atoms with Gasteiger partial charge in [-0.05, 0) is 25.0 Å². The third kappa shape index (κ3) is 2.84. The number of halogens is 2. The summed E-state index contributed by atoms with van der Waals surface area (Å²) < 4.78 is 31.4. The van der Waals surface area contributed by atoms with Crippen LogP contribution in [0.2, 0.25) is 0 Å². The van der Waals surface area contributed by atoms with Crippen molar-refractivity contribution in [3.63, 3.8) is 0 Å². The zero-order chi connectivity index (χ0) is 11.6. The summed E-state index contributed by atoms with van der Waals surface area (Å²) in [5, 5.41) is 0. The summed E-state index contributed by atoms with van der Waals surface area (Å²) >= 11 is 0. The minimum Gasteiger partial charge on any atom is -0.490 e. The Bertz CT molecular complexity index is 358. The van der Waals surface area contributed by atoms with Crippen LogP contribution in [0.3, 0.4) is 0 Å². The van der Waals surface area contributed by atoms with Crippen molar-refractivity contribution >= 4 is 5.69 Å². The second kappa shape index (κ2) is 4.28. The van der Waals surface area contributed by atoms with Crippen molar-refractivity contribution in [1.82, 2.24) is 0 Å². The van der Waals surface area contributed by atoms with Gasteiger partial charge in [-0.15, -0.1) is 0 Å². The molecule has 2 nitrogen and oxygen atoms in total. The van der Waals surface area contributed by atoms with Crippen LogP contribution < -0.4 is 10.5 Å². The highest BCUT2D eigenvalue weighted by molar-refractivity contribution is 5.43. The molecule has 0 spiro atoms. The van der Waals surface area contributed by atoms with Crippen LogP contribution >= 0.6 is 0 Å². The number of anilines is 1. The van der Waals surface area contributed by atoms with E-state index in [0.29, 0.717) is 24.3 Å². The molecule has 1 aliphatic carbocycles. The van der Waals surface area contributed by atoms with Gasteiger partial charge in [-0.3, -0.25) is 0 Å². The summed E-state index contributed by atoms with van der Waals surface area (Å²) in [6.45, 7) is 0. The van der Waals surface area contributed by atoms with Gasteiger partial charge in [0.1, 0.15) is 5.75 Å². The number of nitrogen functional groups attached to an aromatic ring is 1. The Labute approximate surface area is 93.4 Å². The largest absolute Gasteiger partial charge is 0.490 e. The highest BCUT2D eigenvalue weighted by atomic mass is 19.3. The van der Waals surface area contributed by atoms with Gasteiger partial charge in [0.2, 0.25) is 5.92 Å². The summed E-state index contributed by atoms with van der Waals surface area (Å²) in [5.41, 5.74) is 6.23. The second-order valence-corrected chi connectivity index (χ2v) is 4.25. The van der Waals surface area contributed by atoms with E-state index in [9.17, 15) is 8.78 Å². The molecule has 0 heterocycles. The fraction of sp³-hybridized carbons (Fsp3) is 0.500. The van der Waals surface area contributed by atoms with Crippen LogP contribution in [-0.4, -0.2) is 12.0 Å². The number of hydrogen-bond donors (Lipinski definition) is 1. The van der Waals surface area contributed by atoms with Crippen LogP contribution in [0.25, 0.3) is 0 Å². The normalized spacial score (nSPS) is 20.6. The Morgan fingerprint density at radius 2 is 1.94 bits per heavy atom. The van der Waals surface area contributed by atoms with Crippen molar-refractivity contribution in [3.8, 4) is 5.75 Å². The first-order chi connectivity index (χ1) is 7.55. The molecule has 1 fully saturated rings. The maximum absolute atomic E-state index is 12.9. The van der Waals surface area contributed by atoms with Gasteiger partial charge in [0, 0.05) is 24.6 Å². The zero-order valence-electron chi connectivity index (χ0n) is 8.96. The maximum Gasteiger partial charge on any atom is 0.248 e. The van der Waals surface area contributed by atoms with Gasteiger partial charge in [0.05, 0.1) is 6.10 Å². The van der Waals surface area contributed by atoms with E-state index in [0.717, 1.165) is 0 Å². The van der Waals surface area contributed by atoms with Gasteiger partial charge in [0.15, 0.2) is 0 Å². The van der Waals surface area contributed by atoms with Crippen LogP contribution in [0.1, 0.15) is 25.7 Å². The monoisotopic (exact) mass is 227 g/mol. The molecule has 88 valence electrons. The molecule has 0 unspecified atom stereocenters. The first kappa shape index (κ1) is 11.2. The third-order valence-corrected chi connectivity index (χ3v) is 2.82. The summed E-state index contributed by atoms with van der Waals surface area (Å²) in [7, 11) is 0. The molecule has 0 atom stereocenters. The topological polar surface area (TPSA) is 35.2 Å². The molecule has 4 heteroatoms. The molecule has 1 saturated carbocycles. The number of benzene rings is 1. The van der Waals surface area contributed by atoms with E-state index in [1.54, 1.807) is 24.3 Å². The lowest BCUT2D eigenvalue weighted by Crippen LogP contribution is -2.30. The molecule has 2 rings (SSSR count). The van der Waals surface area contributed by atoms with Crippen molar-refractivity contribution in [2.24, 2.45) is 0 Å². The molecule has 2 N–H and O–H groups in total. The molecule has 0 amide bonds. The van der Waals surface area contributed by atoms with Crippen molar-refractivity contribution in [2.75, 3.05) is 5.73 Å². The SMILES string of the molecule is Nc1cccc(OC2CCC(F)(F)CC2)c1. The Morgan fingerprint density at radius 1 is 1.25 bits per heavy atom. The highest BCUT2D eigenvalue weighted by Crippen LogP contribution is 2.34. The van der Waals surface area contributed by atoms with Gasteiger partial charge in [-0.1, -0.05) is 6.07 Å². The van der Waals surface area contributed by atoms with Gasteiger partial charge in [-0.2, -0.15) is 0 Å². The molecule has 1 aromatic carbocycles. The van der Waals surface area contributed by atoms with Crippen molar-refractivity contribution in [3.05, 3.63) is 24.3 Å². The molecule has 0 bridgehead atoms. The lowest BCUT2D eigenvalue weighted by molar-refractivity contribution is -0.0582. The lowest BCUT2D eigenvalue weighted by atomic mass is 9.94. The van der Waals surface area contributed by atoms with Gasteiger partial charge in [-0.25, -0.2) is 8.78 Å². The molecule has 0 aromatic heterocycles. The van der Waals surface area contributed by atoms with Gasteiger partial charge in [0.25, 0.3) is 0 Å². The quantitative estimate of drug-likeness (QED) is 0.787. The summed E-state index contributed by atoms with van der Waals surface area (Å²) in [6, 6.07) is 7.07. The summed E-state index contributed by atoms with van der Waals surface area (Å²) in [5.74, 6) is -1.84. The number of ether oxygens (including phenoxy) is 1. The van der Waals surface area contributed by atoms with Gasteiger partial charge < -0.3 is 10.5 Å². The van der Waals surface area contributed by atoms with E-state index < -0.39 is 5.92 Å². The number of alkyl halides is 2. The van der Waals surface area contributed by atoms with Crippen LogP contribution in [0.4, 0.5) is 14.5 Å². The molecule has 0 radical (unpaired) electrons. The summed E-state index contributed by atoms with van der Waals surface area (Å²) in [4.78, 5) is 0. The van der Waals surface area contributed by atoms with Crippen LogP contribution in [0.15, 0.2) is 24.3 Å². The van der Waals surface area contributed by atoms with Crippen LogP contribution in [0.5, 0.6) is 5.75 Å². The zero-order valence-corrected chi connectivity index (χ0v) is 8.96. The minimum absolute atomic E-state index is 0.0834. The smallest absolute Gasteiger partial charge is 0.248 e. The van der Waals surface area contributed by atoms with E-state index >= 15 is 0 Å². The van der Waals surface area contributed by atoms with E-state index in [2.05, 4.69) is 0 Å². The summed E-state index contributed by atoms with van der Waals surface area (Å²) in [6.07, 6.45) is 0.533.